The van der Waals surface area contributed by atoms with E-state index in [9.17, 15) is 0 Å². The zero-order valence-electron chi connectivity index (χ0n) is 2.35. The van der Waals surface area contributed by atoms with Crippen molar-refractivity contribution < 1.29 is 0 Å². The molecule has 0 fully saturated rings. The van der Waals surface area contributed by atoms with Crippen molar-refractivity contribution in [3.8, 4) is 12.1 Å². The lowest BCUT2D eigenvalue weighted by atomic mass is 11.8. The summed E-state index contributed by atoms with van der Waals surface area (Å²) >= 11 is 4.30. The summed E-state index contributed by atoms with van der Waals surface area (Å²) in [5.74, 6) is 0. The molecule has 0 radical (unpaired) electrons. The van der Waals surface area contributed by atoms with Crippen LogP contribution in [0.15, 0.2) is 0 Å². The van der Waals surface area contributed by atoms with Gasteiger partial charge in [0.25, 0.3) is 0 Å². The second-order valence-electron chi connectivity index (χ2n) is 0.0845. The van der Waals surface area contributed by atoms with Gasteiger partial charge in [-0.05, 0) is 0 Å². The van der Waals surface area contributed by atoms with Gasteiger partial charge in [-0.15, -0.1) is 0 Å². The highest BCUT2D eigenvalue weighted by Gasteiger charge is 1.23. The number of hydrogen-bond donors (Lipinski definition) is 0. The summed E-state index contributed by atoms with van der Waals surface area (Å²) < 4.78 is 0. The van der Waals surface area contributed by atoms with Gasteiger partial charge in [0, 0.05) is 18.2 Å². The van der Waals surface area contributed by atoms with Crippen LogP contribution in [0.1, 0.15) is 0 Å². The van der Waals surface area contributed by atoms with Crippen molar-refractivity contribution in [2.75, 3.05) is 0 Å². The molecule has 0 saturated heterocycles. The Morgan fingerprint density at radius 3 is 1.60 bits per heavy atom. The van der Waals surface area contributed by atoms with E-state index in [4.69, 9.17) is 10.5 Å². The molecule has 0 aliphatic heterocycles. The number of halogens is 1. The van der Waals surface area contributed by atoms with E-state index < -0.39 is 0 Å². The van der Waals surface area contributed by atoms with Crippen LogP contribution in [0.4, 0.5) is 0 Å². The summed E-state index contributed by atoms with van der Waals surface area (Å²) in [6.45, 7) is 3.50. The largest absolute Gasteiger partial charge is 0.202 e. The normalized spacial score (nSPS) is 2.00. The van der Waals surface area contributed by atoms with Gasteiger partial charge in [0.05, 0.1) is 0 Å². The van der Waals surface area contributed by atoms with E-state index in [0.29, 0.717) is 0 Å². The summed E-state index contributed by atoms with van der Waals surface area (Å²) in [5.41, 5.74) is 1.22. The average molecular weight is 88.5 g/mol. The van der Waals surface area contributed by atoms with E-state index in [0.717, 1.165) is 0 Å². The molecule has 0 rings (SSSR count). The Labute approximate surface area is 35.2 Å². The molecule has 0 aromatic heterocycles. The first-order valence-electron chi connectivity index (χ1n) is 0.671. The molecule has 0 atom stereocenters. The predicted octanol–water partition coefficient (Wildman–Crippen LogP) is 0.846. The average Bonchev–Trinajstić information content (AvgIpc) is 1.46. The highest BCUT2D eigenvalue weighted by Crippen LogP contribution is 1.49. The molecule has 0 N–H and O–H groups in total. The van der Waals surface area contributed by atoms with Crippen LogP contribution in [-0.2, 0) is 0 Å². The summed E-state index contributed by atoms with van der Waals surface area (Å²) in [4.78, 5) is 0. The van der Waals surface area contributed by atoms with E-state index in [1.54, 1.807) is 0 Å². The summed E-state index contributed by atoms with van der Waals surface area (Å²) in [6.07, 6.45) is 0. The van der Waals surface area contributed by atoms with Crippen LogP contribution >= 0.6 is 11.6 Å². The Morgan fingerprint density at radius 1 is 1.60 bits per heavy atom. The van der Waals surface area contributed by atoms with Crippen molar-refractivity contribution in [3.63, 3.8) is 0 Å². The van der Waals surface area contributed by atoms with Crippen LogP contribution in [-0.4, -0.2) is 0 Å². The van der Waals surface area contributed by atoms with Gasteiger partial charge < -0.3 is 0 Å². The van der Waals surface area contributed by atoms with Gasteiger partial charge >= 0.3 is 0 Å². The minimum Gasteiger partial charge on any atom is -0.202 e. The van der Waals surface area contributed by atoms with Crippen molar-refractivity contribution in [1.29, 1.82) is 10.5 Å². The van der Waals surface area contributed by atoms with Gasteiger partial charge in [0.15, 0.2) is 5.53 Å². The standard InChI is InChI=1S/CClN.CHN/c2-1-3;1-2/h;1H. The fourth-order valence-corrected chi connectivity index (χ4v) is 0. The van der Waals surface area contributed by atoms with E-state index in [1.807, 2.05) is 0 Å². The Balaban J connectivity index is 0. The van der Waals surface area contributed by atoms with Gasteiger partial charge in [-0.3, -0.25) is 0 Å². The van der Waals surface area contributed by atoms with Crippen LogP contribution in [0.2, 0.25) is 0 Å². The Hall–Kier alpha value is -0.730. The lowest BCUT2D eigenvalue weighted by Crippen LogP contribution is -0.952. The first kappa shape index (κ1) is 8.86. The quantitative estimate of drug-likeness (QED) is 0.441. The van der Waals surface area contributed by atoms with Gasteiger partial charge in [-0.1, -0.05) is 0 Å². The third-order valence-corrected chi connectivity index (χ3v) is 0. The van der Waals surface area contributed by atoms with Gasteiger partial charge in [-0.25, -0.2) is 5.26 Å². The molecule has 0 unspecified atom stereocenters. The summed E-state index contributed by atoms with van der Waals surface area (Å²) in [6, 6.07) is 0. The fraction of sp³-hybridized carbons (Fsp3) is 0. The minimum absolute atomic E-state index is 1.22. The van der Waals surface area contributed by atoms with E-state index in [2.05, 4.69) is 18.2 Å². The Morgan fingerprint density at radius 2 is 1.60 bits per heavy atom. The lowest BCUT2D eigenvalue weighted by molar-refractivity contribution is 1.57. The predicted molar refractivity (Wildman–Crippen MR) is 18.1 cm³/mol. The van der Waals surface area contributed by atoms with Crippen LogP contribution in [0.3, 0.4) is 0 Å². The maximum atomic E-state index is 7.08. The highest BCUT2D eigenvalue weighted by atomic mass is 35.5. The third kappa shape index (κ3) is 9.90. The van der Waals surface area contributed by atoms with Crippen molar-refractivity contribution in [1.82, 2.24) is 0 Å². The molecule has 0 aromatic carbocycles. The van der Waals surface area contributed by atoms with Crippen LogP contribution < -0.4 is 0 Å². The molecule has 0 aliphatic rings. The van der Waals surface area contributed by atoms with Gasteiger partial charge in [0.1, 0.15) is 0 Å². The van der Waals surface area contributed by atoms with Crippen LogP contribution in [0.5, 0.6) is 0 Å². The molecule has 0 saturated carbocycles. The molecule has 3 heteroatoms. The number of nitrogens with zero attached hydrogens (tertiary/aromatic N) is 2. The molecular formula is C2HClN2. The molecule has 2 nitrogen and oxygen atoms in total. The SMILES string of the molecule is C#N.N#CCl. The van der Waals surface area contributed by atoms with Crippen LogP contribution in [0.25, 0.3) is 0 Å². The zero-order valence-corrected chi connectivity index (χ0v) is 3.11. The Kier molecular flexibility index (Phi) is 410. The molecule has 0 bridgehead atoms. The first-order chi connectivity index (χ1) is 2.41. The maximum Gasteiger partial charge on any atom is 0.173 e. The Bertz CT molecular complexity index is 50.4. The van der Waals surface area contributed by atoms with Crippen LogP contribution in [0, 0.1) is 22.6 Å². The number of hydrogen-bond acceptors (Lipinski definition) is 2. The van der Waals surface area contributed by atoms with Crippen molar-refractivity contribution in [3.05, 3.63) is 0 Å². The summed E-state index contributed by atoms with van der Waals surface area (Å²) in [7, 11) is 0. The molecule has 0 amide bonds. The summed E-state index contributed by atoms with van der Waals surface area (Å²) in [5, 5.41) is 13.6. The zero-order chi connectivity index (χ0) is 4.71. The highest BCUT2D eigenvalue weighted by molar-refractivity contribution is 6.28. The third-order valence-electron chi connectivity index (χ3n) is 0. The second kappa shape index (κ2) is 231. The van der Waals surface area contributed by atoms with E-state index in [1.165, 1.54) is 5.53 Å². The van der Waals surface area contributed by atoms with E-state index >= 15 is 0 Å². The first-order valence-corrected chi connectivity index (χ1v) is 1.05. The number of rotatable bonds is 0. The van der Waals surface area contributed by atoms with Crippen molar-refractivity contribution in [2.45, 2.75) is 0 Å². The molecular weight excluding hydrogens is 87.5 g/mol. The topological polar surface area (TPSA) is 47.6 Å². The molecule has 26 valence electrons. The molecule has 0 spiro atoms. The smallest absolute Gasteiger partial charge is 0.173 e. The van der Waals surface area contributed by atoms with E-state index in [-0.39, 0.29) is 0 Å². The van der Waals surface area contributed by atoms with Crippen molar-refractivity contribution >= 4 is 11.6 Å². The van der Waals surface area contributed by atoms with Gasteiger partial charge in [0.2, 0.25) is 0 Å². The molecule has 5 heavy (non-hydrogen) atoms. The molecule has 0 aliphatic carbocycles. The minimum atomic E-state index is 1.22. The monoisotopic (exact) mass is 88.0 g/mol. The maximum absolute atomic E-state index is 7.08. The van der Waals surface area contributed by atoms with Crippen molar-refractivity contribution in [2.24, 2.45) is 0 Å². The molecule has 0 heterocycles. The van der Waals surface area contributed by atoms with Gasteiger partial charge in [-0.2, -0.15) is 5.26 Å². The fourth-order valence-electron chi connectivity index (χ4n) is 0. The second-order valence-corrected chi connectivity index (χ2v) is 0.254. The molecule has 0 aromatic rings. The lowest BCUT2D eigenvalue weighted by Gasteiger charge is -1.10. The number of nitriles is 2.